The van der Waals surface area contributed by atoms with Crippen LogP contribution in [-0.4, -0.2) is 44.7 Å². The van der Waals surface area contributed by atoms with Gasteiger partial charge in [0.05, 0.1) is 0 Å². The van der Waals surface area contributed by atoms with Crippen molar-refractivity contribution in [3.63, 3.8) is 0 Å². The highest BCUT2D eigenvalue weighted by Gasteiger charge is 2.23. The van der Waals surface area contributed by atoms with Gasteiger partial charge >= 0.3 is 0 Å². The number of aromatic nitrogens is 1. The number of hydrogen-bond acceptors (Lipinski definition) is 5. The zero-order valence-corrected chi connectivity index (χ0v) is 13.9. The summed E-state index contributed by atoms with van der Waals surface area (Å²) in [6.45, 7) is 9.15. The second kappa shape index (κ2) is 6.89. The molecule has 0 aromatic carbocycles. The van der Waals surface area contributed by atoms with Crippen molar-refractivity contribution in [3.05, 3.63) is 11.5 Å². The summed E-state index contributed by atoms with van der Waals surface area (Å²) in [5, 5.41) is 3.69. The quantitative estimate of drug-likeness (QED) is 0.809. The molecule has 1 aromatic heterocycles. The van der Waals surface area contributed by atoms with Crippen LogP contribution in [0.4, 0.5) is 0 Å². The van der Waals surface area contributed by atoms with Gasteiger partial charge in [-0.15, -0.1) is 0 Å². The molecule has 1 aliphatic rings. The lowest BCUT2D eigenvalue weighted by Crippen LogP contribution is -2.36. The monoisotopic (exact) mass is 315 g/mol. The summed E-state index contributed by atoms with van der Waals surface area (Å²) in [6, 6.07) is 0. The third-order valence-electron chi connectivity index (χ3n) is 3.92. The van der Waals surface area contributed by atoms with Gasteiger partial charge < -0.3 is 9.42 Å². The van der Waals surface area contributed by atoms with Gasteiger partial charge in [-0.1, -0.05) is 12.1 Å². The Kier molecular flexibility index (Phi) is 5.40. The summed E-state index contributed by atoms with van der Waals surface area (Å²) in [5.41, 5.74) is 0.407. The fraction of sp³-hybridized carbons (Fsp3) is 0.786. The molecule has 1 atom stereocenters. The van der Waals surface area contributed by atoms with Gasteiger partial charge in [-0.2, -0.15) is 0 Å². The topological polar surface area (TPSA) is 75.4 Å². The molecule has 1 N–H and O–H groups in total. The number of likely N-dealkylation sites (tertiary alicyclic amines) is 1. The number of nitrogens with one attached hydrogen (secondary N) is 1. The molecule has 1 aromatic rings. The average Bonchev–Trinajstić information content (AvgIpc) is 2.75. The fourth-order valence-electron chi connectivity index (χ4n) is 2.93. The molecular weight excluding hydrogens is 290 g/mol. The lowest BCUT2D eigenvalue weighted by atomic mass is 10.0. The molecule has 0 spiro atoms. The Morgan fingerprint density at radius 2 is 2.19 bits per heavy atom. The second-order valence-electron chi connectivity index (χ2n) is 5.95. The lowest BCUT2D eigenvalue weighted by molar-refractivity contribution is 0.182. The van der Waals surface area contributed by atoms with Gasteiger partial charge in [0.15, 0.2) is 5.76 Å². The molecule has 0 amide bonds. The number of hydrogen-bond donors (Lipinski definition) is 1. The highest BCUT2D eigenvalue weighted by Crippen LogP contribution is 2.18. The van der Waals surface area contributed by atoms with Crippen LogP contribution >= 0.6 is 0 Å². The van der Waals surface area contributed by atoms with Gasteiger partial charge in [0.1, 0.15) is 10.6 Å². The van der Waals surface area contributed by atoms with Crippen LogP contribution in [0.1, 0.15) is 37.6 Å². The van der Waals surface area contributed by atoms with E-state index < -0.39 is 10.0 Å². The van der Waals surface area contributed by atoms with E-state index in [0.29, 0.717) is 18.0 Å². The Hall–Kier alpha value is -0.920. The third kappa shape index (κ3) is 4.28. The zero-order valence-electron chi connectivity index (χ0n) is 13.1. The van der Waals surface area contributed by atoms with Crippen LogP contribution in [-0.2, 0) is 10.0 Å². The van der Waals surface area contributed by atoms with Crippen molar-refractivity contribution in [3.8, 4) is 0 Å². The summed E-state index contributed by atoms with van der Waals surface area (Å²) in [7, 11) is -3.52. The molecule has 2 rings (SSSR count). The van der Waals surface area contributed by atoms with Gasteiger partial charge in [0, 0.05) is 13.1 Å². The molecule has 0 unspecified atom stereocenters. The molecular formula is C14H25N3O3S. The van der Waals surface area contributed by atoms with Crippen molar-refractivity contribution in [2.75, 3.05) is 26.2 Å². The van der Waals surface area contributed by atoms with Gasteiger partial charge in [0.25, 0.3) is 0 Å². The minimum absolute atomic E-state index is 0.175. The summed E-state index contributed by atoms with van der Waals surface area (Å²) >= 11 is 0. The SMILES string of the molecule is Cc1noc(C)c1S(=O)(=O)NCCCN1CCC[C@@H](C)C1. The van der Waals surface area contributed by atoms with E-state index >= 15 is 0 Å². The first-order valence-corrected chi connectivity index (χ1v) is 9.03. The fourth-order valence-corrected chi connectivity index (χ4v) is 4.33. The normalized spacial score (nSPS) is 20.8. The average molecular weight is 315 g/mol. The van der Waals surface area contributed by atoms with Crippen LogP contribution in [0, 0.1) is 19.8 Å². The molecule has 0 bridgehead atoms. The molecule has 0 radical (unpaired) electrons. The zero-order chi connectivity index (χ0) is 15.5. The summed E-state index contributed by atoms with van der Waals surface area (Å²) in [4.78, 5) is 2.59. The molecule has 21 heavy (non-hydrogen) atoms. The summed E-state index contributed by atoms with van der Waals surface area (Å²) in [6.07, 6.45) is 3.36. The molecule has 7 heteroatoms. The highest BCUT2D eigenvalue weighted by molar-refractivity contribution is 7.89. The Morgan fingerprint density at radius 3 is 2.81 bits per heavy atom. The Balaban J connectivity index is 1.80. The predicted molar refractivity (Wildman–Crippen MR) is 80.6 cm³/mol. The minimum Gasteiger partial charge on any atom is -0.360 e. The summed E-state index contributed by atoms with van der Waals surface area (Å²) in [5.74, 6) is 1.09. The highest BCUT2D eigenvalue weighted by atomic mass is 32.2. The van der Waals surface area contributed by atoms with Crippen molar-refractivity contribution >= 4 is 10.0 Å². The van der Waals surface area contributed by atoms with Crippen LogP contribution in [0.15, 0.2) is 9.42 Å². The van der Waals surface area contributed by atoms with E-state index in [1.165, 1.54) is 12.8 Å². The Bertz CT molecular complexity index is 549. The number of sulfonamides is 1. The smallest absolute Gasteiger partial charge is 0.245 e. The van der Waals surface area contributed by atoms with Crippen LogP contribution < -0.4 is 4.72 Å². The van der Waals surface area contributed by atoms with Crippen LogP contribution in [0.2, 0.25) is 0 Å². The maximum absolute atomic E-state index is 12.2. The van der Waals surface area contributed by atoms with E-state index in [1.807, 2.05) is 0 Å². The van der Waals surface area contributed by atoms with Gasteiger partial charge in [-0.05, 0) is 52.1 Å². The first-order valence-electron chi connectivity index (χ1n) is 7.55. The molecule has 0 saturated carbocycles. The van der Waals surface area contributed by atoms with E-state index in [4.69, 9.17) is 4.52 Å². The molecule has 1 saturated heterocycles. The van der Waals surface area contributed by atoms with Crippen LogP contribution in [0.25, 0.3) is 0 Å². The second-order valence-corrected chi connectivity index (χ2v) is 7.66. The van der Waals surface area contributed by atoms with Crippen LogP contribution in [0.5, 0.6) is 0 Å². The van der Waals surface area contributed by atoms with Gasteiger partial charge in [-0.25, -0.2) is 13.1 Å². The molecule has 1 fully saturated rings. The third-order valence-corrected chi connectivity index (χ3v) is 5.63. The number of nitrogens with zero attached hydrogens (tertiary/aromatic N) is 2. The van der Waals surface area contributed by atoms with Gasteiger partial charge in [-0.3, -0.25) is 0 Å². The van der Waals surface area contributed by atoms with Crippen molar-refractivity contribution in [1.82, 2.24) is 14.8 Å². The van der Waals surface area contributed by atoms with Crippen molar-refractivity contribution in [2.45, 2.75) is 44.9 Å². The predicted octanol–water partition coefficient (Wildman–Crippen LogP) is 1.69. The number of piperidine rings is 1. The van der Waals surface area contributed by atoms with E-state index in [0.717, 1.165) is 32.0 Å². The lowest BCUT2D eigenvalue weighted by Gasteiger charge is -2.30. The van der Waals surface area contributed by atoms with Crippen molar-refractivity contribution < 1.29 is 12.9 Å². The molecule has 1 aliphatic heterocycles. The minimum atomic E-state index is -3.52. The maximum atomic E-state index is 12.2. The van der Waals surface area contributed by atoms with Crippen LogP contribution in [0.3, 0.4) is 0 Å². The van der Waals surface area contributed by atoms with Gasteiger partial charge in [0.2, 0.25) is 10.0 Å². The molecule has 6 nitrogen and oxygen atoms in total. The van der Waals surface area contributed by atoms with Crippen molar-refractivity contribution in [2.24, 2.45) is 5.92 Å². The largest absolute Gasteiger partial charge is 0.360 e. The van der Waals surface area contributed by atoms with E-state index in [1.54, 1.807) is 13.8 Å². The standard InChI is InChI=1S/C14H25N3O3S/c1-11-6-4-8-17(10-11)9-5-7-15-21(18,19)14-12(2)16-20-13(14)3/h11,15H,4-10H2,1-3H3/t11-/m1/s1. The molecule has 0 aliphatic carbocycles. The van der Waals surface area contributed by atoms with E-state index in [2.05, 4.69) is 21.7 Å². The molecule has 120 valence electrons. The van der Waals surface area contributed by atoms with Crippen molar-refractivity contribution in [1.29, 1.82) is 0 Å². The summed E-state index contributed by atoms with van der Waals surface area (Å²) < 4.78 is 32.0. The molecule has 2 heterocycles. The first-order chi connectivity index (χ1) is 9.90. The Labute approximate surface area is 126 Å². The first kappa shape index (κ1) is 16.5. The maximum Gasteiger partial charge on any atom is 0.245 e. The van der Waals surface area contributed by atoms with E-state index in [-0.39, 0.29) is 4.90 Å². The number of aryl methyl sites for hydroxylation is 2. The van der Waals surface area contributed by atoms with E-state index in [9.17, 15) is 8.42 Å². The Morgan fingerprint density at radius 1 is 1.43 bits per heavy atom. The number of rotatable bonds is 6.